The lowest BCUT2D eigenvalue weighted by molar-refractivity contribution is -0.606. The van der Waals surface area contributed by atoms with Crippen LogP contribution in [0.25, 0.3) is 0 Å². The Hall–Kier alpha value is -1.12. The standard InChI is InChI=1S/C6H8N2O/c1-2-6-5-8(9)4-3-7-6/h3-5H,2H2,1H3. The second-order valence-corrected chi connectivity index (χ2v) is 1.76. The van der Waals surface area contributed by atoms with Crippen LogP contribution in [-0.2, 0) is 6.42 Å². The van der Waals surface area contributed by atoms with Gasteiger partial charge in [-0.3, -0.25) is 0 Å². The van der Waals surface area contributed by atoms with Gasteiger partial charge < -0.3 is 5.21 Å². The van der Waals surface area contributed by atoms with E-state index in [-0.39, 0.29) is 0 Å². The van der Waals surface area contributed by atoms with Gasteiger partial charge in [-0.05, 0) is 6.42 Å². The molecule has 0 aliphatic rings. The maximum absolute atomic E-state index is 10.5. The van der Waals surface area contributed by atoms with E-state index in [0.29, 0.717) is 0 Å². The van der Waals surface area contributed by atoms with Crippen molar-refractivity contribution >= 4 is 0 Å². The van der Waals surface area contributed by atoms with Crippen LogP contribution in [0.15, 0.2) is 18.6 Å². The molecule has 0 saturated heterocycles. The Kier molecular flexibility index (Phi) is 1.63. The Morgan fingerprint density at radius 2 is 2.56 bits per heavy atom. The fraction of sp³-hybridized carbons (Fsp3) is 0.333. The van der Waals surface area contributed by atoms with Gasteiger partial charge in [0.05, 0.1) is 6.20 Å². The smallest absolute Gasteiger partial charge is 0.201 e. The normalized spacial score (nSPS) is 9.44. The average Bonchev–Trinajstić information content (AvgIpc) is 1.88. The molecule has 1 aromatic rings. The third kappa shape index (κ3) is 1.38. The summed E-state index contributed by atoms with van der Waals surface area (Å²) in [6.45, 7) is 1.96. The maximum atomic E-state index is 10.5. The van der Waals surface area contributed by atoms with Gasteiger partial charge in [0.15, 0.2) is 6.20 Å². The first-order valence-electron chi connectivity index (χ1n) is 2.86. The van der Waals surface area contributed by atoms with E-state index in [9.17, 15) is 5.21 Å². The third-order valence-corrected chi connectivity index (χ3v) is 1.09. The molecule has 0 aliphatic heterocycles. The quantitative estimate of drug-likeness (QED) is 0.398. The highest BCUT2D eigenvalue weighted by atomic mass is 16.5. The Morgan fingerprint density at radius 1 is 1.78 bits per heavy atom. The summed E-state index contributed by atoms with van der Waals surface area (Å²) in [6.07, 6.45) is 5.16. The zero-order chi connectivity index (χ0) is 6.69. The molecule has 0 unspecified atom stereocenters. The molecule has 0 amide bonds. The second-order valence-electron chi connectivity index (χ2n) is 1.76. The first kappa shape index (κ1) is 6.01. The van der Waals surface area contributed by atoms with Gasteiger partial charge in [0.2, 0.25) is 6.20 Å². The molecule has 0 aromatic carbocycles. The summed E-state index contributed by atoms with van der Waals surface area (Å²) < 4.78 is 0.756. The molecule has 0 aliphatic carbocycles. The van der Waals surface area contributed by atoms with Gasteiger partial charge in [-0.25, -0.2) is 4.98 Å². The van der Waals surface area contributed by atoms with Crippen LogP contribution in [0.4, 0.5) is 0 Å². The van der Waals surface area contributed by atoms with Gasteiger partial charge in [0.25, 0.3) is 0 Å². The molecule has 0 N–H and O–H groups in total. The average molecular weight is 124 g/mol. The molecule has 1 heterocycles. The van der Waals surface area contributed by atoms with Gasteiger partial charge in [-0.15, -0.1) is 0 Å². The van der Waals surface area contributed by atoms with E-state index >= 15 is 0 Å². The zero-order valence-corrected chi connectivity index (χ0v) is 5.24. The summed E-state index contributed by atoms with van der Waals surface area (Å²) >= 11 is 0. The Morgan fingerprint density at radius 3 is 3.00 bits per heavy atom. The van der Waals surface area contributed by atoms with Gasteiger partial charge >= 0.3 is 0 Å². The van der Waals surface area contributed by atoms with Crippen LogP contribution in [0.5, 0.6) is 0 Å². The van der Waals surface area contributed by atoms with Crippen LogP contribution in [0.2, 0.25) is 0 Å². The molecule has 0 radical (unpaired) electrons. The summed E-state index contributed by atoms with van der Waals surface area (Å²) in [5.74, 6) is 0. The number of hydrogen-bond donors (Lipinski definition) is 0. The van der Waals surface area contributed by atoms with Crippen LogP contribution in [0.3, 0.4) is 0 Å². The highest BCUT2D eigenvalue weighted by molar-refractivity contribution is 4.88. The summed E-state index contributed by atoms with van der Waals surface area (Å²) in [5, 5.41) is 10.5. The van der Waals surface area contributed by atoms with Crippen molar-refractivity contribution in [2.45, 2.75) is 13.3 Å². The summed E-state index contributed by atoms with van der Waals surface area (Å²) in [6, 6.07) is 0. The molecule has 0 saturated carbocycles. The zero-order valence-electron chi connectivity index (χ0n) is 5.24. The highest BCUT2D eigenvalue weighted by Crippen LogP contribution is 1.86. The molecule has 1 rings (SSSR count). The minimum atomic E-state index is 0.756. The van der Waals surface area contributed by atoms with Gasteiger partial charge in [0, 0.05) is 0 Å². The fourth-order valence-electron chi connectivity index (χ4n) is 0.601. The predicted octanol–water partition coefficient (Wildman–Crippen LogP) is 0.277. The lowest BCUT2D eigenvalue weighted by Crippen LogP contribution is -2.25. The minimum absolute atomic E-state index is 0.756. The summed E-state index contributed by atoms with van der Waals surface area (Å²) in [5.41, 5.74) is 0.826. The first-order chi connectivity index (χ1) is 4.33. The highest BCUT2D eigenvalue weighted by Gasteiger charge is 1.92. The monoisotopic (exact) mass is 124 g/mol. The molecular weight excluding hydrogens is 116 g/mol. The van der Waals surface area contributed by atoms with Crippen molar-refractivity contribution < 1.29 is 4.73 Å². The number of aryl methyl sites for hydroxylation is 1. The van der Waals surface area contributed by atoms with Crippen LogP contribution in [0, 0.1) is 5.21 Å². The molecule has 3 nitrogen and oxygen atoms in total. The van der Waals surface area contributed by atoms with E-state index in [0.717, 1.165) is 16.8 Å². The fourth-order valence-corrected chi connectivity index (χ4v) is 0.601. The van der Waals surface area contributed by atoms with E-state index < -0.39 is 0 Å². The molecule has 0 atom stereocenters. The Labute approximate surface area is 53.6 Å². The lowest BCUT2D eigenvalue weighted by Gasteiger charge is -1.94. The van der Waals surface area contributed by atoms with Crippen molar-refractivity contribution in [1.29, 1.82) is 0 Å². The molecule has 48 valence electrons. The Bertz CT molecular complexity index is 200. The maximum Gasteiger partial charge on any atom is 0.201 e. The second kappa shape index (κ2) is 2.44. The van der Waals surface area contributed by atoms with Crippen LogP contribution in [0.1, 0.15) is 12.6 Å². The van der Waals surface area contributed by atoms with Crippen molar-refractivity contribution in [3.05, 3.63) is 29.5 Å². The van der Waals surface area contributed by atoms with E-state index in [1.807, 2.05) is 6.92 Å². The SMILES string of the molecule is CCc1c[n+]([O-])ccn1. The van der Waals surface area contributed by atoms with Crippen molar-refractivity contribution in [3.8, 4) is 0 Å². The molecular formula is C6H8N2O. The van der Waals surface area contributed by atoms with Crippen molar-refractivity contribution in [2.75, 3.05) is 0 Å². The van der Waals surface area contributed by atoms with E-state index in [4.69, 9.17) is 0 Å². The van der Waals surface area contributed by atoms with Crippen LogP contribution in [-0.4, -0.2) is 4.98 Å². The first-order valence-corrected chi connectivity index (χ1v) is 2.86. The third-order valence-electron chi connectivity index (χ3n) is 1.09. The van der Waals surface area contributed by atoms with Crippen molar-refractivity contribution in [1.82, 2.24) is 4.98 Å². The summed E-state index contributed by atoms with van der Waals surface area (Å²) in [4.78, 5) is 3.94. The predicted molar refractivity (Wildman–Crippen MR) is 32.6 cm³/mol. The number of hydrogen-bond acceptors (Lipinski definition) is 2. The number of aromatic nitrogens is 2. The molecule has 0 fully saturated rings. The summed E-state index contributed by atoms with van der Waals surface area (Å²) in [7, 11) is 0. The Balaban J connectivity index is 2.94. The molecule has 9 heavy (non-hydrogen) atoms. The minimum Gasteiger partial charge on any atom is -0.619 e. The van der Waals surface area contributed by atoms with Crippen LogP contribution < -0.4 is 4.73 Å². The van der Waals surface area contributed by atoms with Crippen molar-refractivity contribution in [2.24, 2.45) is 0 Å². The molecule has 0 spiro atoms. The molecule has 1 aromatic heterocycles. The lowest BCUT2D eigenvalue weighted by atomic mass is 10.4. The van der Waals surface area contributed by atoms with E-state index in [1.54, 1.807) is 0 Å². The van der Waals surface area contributed by atoms with Crippen LogP contribution >= 0.6 is 0 Å². The van der Waals surface area contributed by atoms with Gasteiger partial charge in [-0.2, -0.15) is 4.73 Å². The van der Waals surface area contributed by atoms with E-state index in [2.05, 4.69) is 4.98 Å². The molecule has 0 bridgehead atoms. The largest absolute Gasteiger partial charge is 0.619 e. The topological polar surface area (TPSA) is 39.8 Å². The number of rotatable bonds is 1. The van der Waals surface area contributed by atoms with Gasteiger partial charge in [0.1, 0.15) is 5.69 Å². The van der Waals surface area contributed by atoms with E-state index in [1.165, 1.54) is 18.6 Å². The van der Waals surface area contributed by atoms with Crippen molar-refractivity contribution in [3.63, 3.8) is 0 Å². The van der Waals surface area contributed by atoms with Gasteiger partial charge in [-0.1, -0.05) is 6.92 Å². The molecule has 3 heteroatoms. The number of nitrogens with zero attached hydrogens (tertiary/aromatic N) is 2.